The van der Waals surface area contributed by atoms with E-state index in [-0.39, 0.29) is 5.41 Å². The molecule has 0 saturated heterocycles. The Kier molecular flexibility index (Phi) is 9.89. The van der Waals surface area contributed by atoms with Gasteiger partial charge in [-0.1, -0.05) is 227 Å². The molecule has 0 radical (unpaired) electrons. The number of thiophene rings is 1. The molecule has 1 aromatic heterocycles. The average molecular weight is 876 g/mol. The van der Waals surface area contributed by atoms with Crippen LogP contribution < -0.4 is 4.90 Å². The predicted molar refractivity (Wildman–Crippen MR) is 286 cm³/mol. The number of anilines is 3. The van der Waals surface area contributed by atoms with Gasteiger partial charge in [-0.3, -0.25) is 0 Å². The van der Waals surface area contributed by atoms with Gasteiger partial charge in [0.1, 0.15) is 0 Å². The van der Waals surface area contributed by atoms with Gasteiger partial charge < -0.3 is 4.90 Å². The molecular weight excluding hydrogens is 827 g/mol. The van der Waals surface area contributed by atoms with Crippen LogP contribution in [0.15, 0.2) is 243 Å². The van der Waals surface area contributed by atoms with E-state index >= 15 is 0 Å². The molecule has 0 spiro atoms. The van der Waals surface area contributed by atoms with Crippen molar-refractivity contribution in [3.05, 3.63) is 270 Å². The fourth-order valence-corrected chi connectivity index (χ4v) is 12.0. The van der Waals surface area contributed by atoms with Crippen LogP contribution in [-0.2, 0) is 10.8 Å². The van der Waals surface area contributed by atoms with Gasteiger partial charge in [-0.05, 0) is 103 Å². The minimum atomic E-state index is -0.553. The third kappa shape index (κ3) is 6.66. The largest absolute Gasteiger partial charge is 0.309 e. The highest BCUT2D eigenvalue weighted by atomic mass is 32.1. The summed E-state index contributed by atoms with van der Waals surface area (Å²) in [6, 6.07) is 90.4. The summed E-state index contributed by atoms with van der Waals surface area (Å²) < 4.78 is 2.58. The molecule has 0 unspecified atom stereocenters. The van der Waals surface area contributed by atoms with Gasteiger partial charge in [0.15, 0.2) is 0 Å². The van der Waals surface area contributed by atoms with Crippen LogP contribution in [-0.4, -0.2) is 0 Å². The van der Waals surface area contributed by atoms with Crippen molar-refractivity contribution in [3.63, 3.8) is 0 Å². The molecule has 0 fully saturated rings. The van der Waals surface area contributed by atoms with E-state index < -0.39 is 5.41 Å². The molecule has 0 amide bonds. The summed E-state index contributed by atoms with van der Waals surface area (Å²) in [5.41, 5.74) is 18.8. The highest BCUT2D eigenvalue weighted by molar-refractivity contribution is 7.25. The zero-order valence-corrected chi connectivity index (χ0v) is 38.8. The van der Waals surface area contributed by atoms with Crippen LogP contribution in [0.25, 0.3) is 64.7 Å². The van der Waals surface area contributed by atoms with Crippen LogP contribution in [0, 0.1) is 0 Å². The number of hydrogen-bond donors (Lipinski definition) is 0. The molecule has 10 aromatic carbocycles. The molecule has 1 aliphatic rings. The number of benzene rings is 10. The number of hydrogen-bond acceptors (Lipinski definition) is 2. The van der Waals surface area contributed by atoms with Gasteiger partial charge in [0.05, 0.1) is 16.8 Å². The Hall–Kier alpha value is -7.78. The summed E-state index contributed by atoms with van der Waals surface area (Å²) in [6.07, 6.45) is 0. The van der Waals surface area contributed by atoms with E-state index in [1.54, 1.807) is 0 Å². The maximum absolute atomic E-state index is 2.57. The van der Waals surface area contributed by atoms with Crippen molar-refractivity contribution < 1.29 is 0 Å². The van der Waals surface area contributed by atoms with Gasteiger partial charge in [0, 0.05) is 37.0 Å². The van der Waals surface area contributed by atoms with Gasteiger partial charge in [-0.2, -0.15) is 0 Å². The first-order valence-corrected chi connectivity index (χ1v) is 24.2. The topological polar surface area (TPSA) is 3.24 Å². The number of rotatable bonds is 8. The van der Waals surface area contributed by atoms with E-state index in [1.165, 1.54) is 92.5 Å². The predicted octanol–water partition coefficient (Wildman–Crippen LogP) is 18.2. The van der Waals surface area contributed by atoms with Crippen molar-refractivity contribution in [1.82, 2.24) is 0 Å². The zero-order valence-electron chi connectivity index (χ0n) is 37.9. The minimum absolute atomic E-state index is 0.0314. The Balaban J connectivity index is 1.22. The Morgan fingerprint density at radius 2 is 0.925 bits per heavy atom. The monoisotopic (exact) mass is 875 g/mol. The van der Waals surface area contributed by atoms with Crippen LogP contribution in [0.3, 0.4) is 0 Å². The van der Waals surface area contributed by atoms with Crippen molar-refractivity contribution in [2.24, 2.45) is 0 Å². The summed E-state index contributed by atoms with van der Waals surface area (Å²) in [4.78, 5) is 2.57. The summed E-state index contributed by atoms with van der Waals surface area (Å²) in [6.45, 7) is 6.87. The smallest absolute Gasteiger partial charge is 0.0714 e. The third-order valence-corrected chi connectivity index (χ3v) is 15.1. The molecule has 11 aromatic rings. The molecule has 0 atom stereocenters. The van der Waals surface area contributed by atoms with Crippen molar-refractivity contribution in [2.75, 3.05) is 4.90 Å². The molecule has 0 bridgehead atoms. The van der Waals surface area contributed by atoms with Crippen LogP contribution in [0.5, 0.6) is 0 Å². The van der Waals surface area contributed by atoms with E-state index in [0.29, 0.717) is 0 Å². The molecule has 0 N–H and O–H groups in total. The first kappa shape index (κ1) is 40.7. The summed E-state index contributed by atoms with van der Waals surface area (Å²) >= 11 is 1.87. The fourth-order valence-electron chi connectivity index (χ4n) is 10.9. The summed E-state index contributed by atoms with van der Waals surface area (Å²) in [7, 11) is 0. The van der Waals surface area contributed by atoms with Gasteiger partial charge in [0.2, 0.25) is 0 Å². The standard InChI is InChI=1S/C65H49NS/c1-64(2,3)47-41-39-45(40-42-47)51-31-18-35-57(61(51)54-32-19-38-60-62(54)53-30-14-16-37-59(53)67-60)66(50-28-17-23-46(43-50)44-21-7-4-8-22-44)58-36-20-34-56-63(58)52-29-13-15-33-55(52)65(56,48-24-9-5-10-25-48)49-26-11-6-12-27-49/h4-43H,1-3H3. The van der Waals surface area contributed by atoms with Crippen LogP contribution >= 0.6 is 11.3 Å². The van der Waals surface area contributed by atoms with Crippen molar-refractivity contribution in [1.29, 1.82) is 0 Å². The average Bonchev–Trinajstić information content (AvgIpc) is 3.92. The normalized spacial score (nSPS) is 12.8. The Morgan fingerprint density at radius 1 is 0.388 bits per heavy atom. The molecule has 1 aliphatic carbocycles. The number of fused-ring (bicyclic) bond motifs is 6. The lowest BCUT2D eigenvalue weighted by Gasteiger charge is -2.35. The van der Waals surface area contributed by atoms with E-state index in [9.17, 15) is 0 Å². The molecule has 0 saturated carbocycles. The second-order valence-electron chi connectivity index (χ2n) is 18.8. The Labute approximate surface area is 397 Å². The lowest BCUT2D eigenvalue weighted by Crippen LogP contribution is -2.28. The van der Waals surface area contributed by atoms with Gasteiger partial charge in [-0.25, -0.2) is 0 Å². The molecule has 1 nitrogen and oxygen atoms in total. The van der Waals surface area contributed by atoms with Crippen LogP contribution in [0.2, 0.25) is 0 Å². The van der Waals surface area contributed by atoms with Crippen molar-refractivity contribution in [2.45, 2.75) is 31.6 Å². The highest BCUT2D eigenvalue weighted by Crippen LogP contribution is 2.60. The van der Waals surface area contributed by atoms with E-state index in [4.69, 9.17) is 0 Å². The highest BCUT2D eigenvalue weighted by Gasteiger charge is 2.47. The van der Waals surface area contributed by atoms with E-state index in [0.717, 1.165) is 17.1 Å². The van der Waals surface area contributed by atoms with Crippen molar-refractivity contribution in [3.8, 4) is 44.5 Å². The van der Waals surface area contributed by atoms with Gasteiger partial charge in [-0.15, -0.1) is 11.3 Å². The quantitative estimate of drug-likeness (QED) is 0.147. The Bertz CT molecular complexity index is 3560. The molecule has 320 valence electrons. The third-order valence-electron chi connectivity index (χ3n) is 13.9. The first-order chi connectivity index (χ1) is 32.9. The SMILES string of the molecule is CC(C)(C)c1ccc(-c2cccc(N(c3cccc(-c4ccccc4)c3)c3cccc4c3-c3ccccc3C4(c3ccccc3)c3ccccc3)c2-c2cccc3sc4ccccc4c23)cc1. The van der Waals surface area contributed by atoms with Crippen molar-refractivity contribution >= 4 is 48.6 Å². The van der Waals surface area contributed by atoms with E-state index in [2.05, 4.69) is 268 Å². The maximum atomic E-state index is 2.57. The number of nitrogens with zero attached hydrogens (tertiary/aromatic N) is 1. The van der Waals surface area contributed by atoms with Gasteiger partial charge >= 0.3 is 0 Å². The van der Waals surface area contributed by atoms with Crippen LogP contribution in [0.1, 0.15) is 48.6 Å². The lowest BCUT2D eigenvalue weighted by molar-refractivity contribution is 0.590. The lowest BCUT2D eigenvalue weighted by atomic mass is 9.68. The molecule has 2 heteroatoms. The first-order valence-electron chi connectivity index (χ1n) is 23.3. The second kappa shape index (κ2) is 16.3. The molecular formula is C65H49NS. The van der Waals surface area contributed by atoms with Gasteiger partial charge in [0.25, 0.3) is 0 Å². The molecule has 67 heavy (non-hydrogen) atoms. The van der Waals surface area contributed by atoms with Crippen LogP contribution in [0.4, 0.5) is 17.1 Å². The molecule has 0 aliphatic heterocycles. The summed E-state index contributed by atoms with van der Waals surface area (Å²) in [5, 5.41) is 2.57. The minimum Gasteiger partial charge on any atom is -0.309 e. The molecule has 12 rings (SSSR count). The summed E-state index contributed by atoms with van der Waals surface area (Å²) in [5.74, 6) is 0. The Morgan fingerprint density at radius 3 is 1.66 bits per heavy atom. The fraction of sp³-hybridized carbons (Fsp3) is 0.0769. The van der Waals surface area contributed by atoms with E-state index in [1.807, 2.05) is 11.3 Å². The maximum Gasteiger partial charge on any atom is 0.0714 e. The molecule has 1 heterocycles. The zero-order chi connectivity index (χ0) is 45.1. The second-order valence-corrected chi connectivity index (χ2v) is 19.9.